The number of aromatic nitrogens is 1. The van der Waals surface area contributed by atoms with Crippen molar-refractivity contribution in [2.24, 2.45) is 0 Å². The van der Waals surface area contributed by atoms with E-state index < -0.39 is 0 Å². The zero-order chi connectivity index (χ0) is 37.9. The number of para-hydroxylation sites is 3. The average molecular weight is 729 g/mol. The van der Waals surface area contributed by atoms with Crippen molar-refractivity contribution in [1.82, 2.24) is 4.57 Å². The van der Waals surface area contributed by atoms with Crippen LogP contribution in [0.15, 0.2) is 211 Å². The van der Waals surface area contributed by atoms with Gasteiger partial charge in [0.1, 0.15) is 11.3 Å². The van der Waals surface area contributed by atoms with Crippen molar-refractivity contribution >= 4 is 72.3 Å². The van der Waals surface area contributed by atoms with Crippen LogP contribution < -0.4 is 4.90 Å². The first-order chi connectivity index (χ1) is 28.2. The van der Waals surface area contributed by atoms with Gasteiger partial charge < -0.3 is 13.9 Å². The van der Waals surface area contributed by atoms with Crippen LogP contribution in [0.4, 0.5) is 17.1 Å². The molecule has 2 heterocycles. The summed E-state index contributed by atoms with van der Waals surface area (Å²) in [5.41, 5.74) is 14.2. The van der Waals surface area contributed by atoms with E-state index in [0.717, 1.165) is 67.3 Å². The van der Waals surface area contributed by atoms with E-state index in [9.17, 15) is 0 Å². The molecule has 0 fully saturated rings. The van der Waals surface area contributed by atoms with Crippen LogP contribution in [0.25, 0.3) is 83.1 Å². The number of fused-ring (bicyclic) bond motifs is 8. The highest BCUT2D eigenvalue weighted by Crippen LogP contribution is 2.42. The predicted octanol–water partition coefficient (Wildman–Crippen LogP) is 15.1. The molecular weight excluding hydrogens is 693 g/mol. The second-order valence-corrected chi connectivity index (χ2v) is 14.6. The van der Waals surface area contributed by atoms with Gasteiger partial charge in [-0.25, -0.2) is 0 Å². The number of furan rings is 1. The Labute approximate surface area is 331 Å². The molecule has 0 spiro atoms. The van der Waals surface area contributed by atoms with Gasteiger partial charge in [0.25, 0.3) is 0 Å². The zero-order valence-electron chi connectivity index (χ0n) is 31.1. The Morgan fingerprint density at radius 2 is 1.14 bits per heavy atom. The van der Waals surface area contributed by atoms with Crippen LogP contribution in [0.3, 0.4) is 0 Å². The van der Waals surface area contributed by atoms with Crippen LogP contribution in [-0.2, 0) is 0 Å². The largest absolute Gasteiger partial charge is 0.455 e. The van der Waals surface area contributed by atoms with Gasteiger partial charge >= 0.3 is 0 Å². The fourth-order valence-electron chi connectivity index (χ4n) is 8.67. The number of nitrogens with zero attached hydrogens (tertiary/aromatic N) is 2. The van der Waals surface area contributed by atoms with Gasteiger partial charge in [0, 0.05) is 50.0 Å². The van der Waals surface area contributed by atoms with Gasteiger partial charge in [-0.2, -0.15) is 0 Å². The summed E-state index contributed by atoms with van der Waals surface area (Å²) >= 11 is 0. The summed E-state index contributed by atoms with van der Waals surface area (Å²) in [4.78, 5) is 2.31. The molecule has 1 aliphatic carbocycles. The lowest BCUT2D eigenvalue weighted by molar-refractivity contribution is 0.604. The van der Waals surface area contributed by atoms with Crippen LogP contribution in [-0.4, -0.2) is 4.57 Å². The van der Waals surface area contributed by atoms with E-state index in [-0.39, 0.29) is 0 Å². The average Bonchev–Trinajstić information content (AvgIpc) is 3.76. The Morgan fingerprint density at radius 1 is 0.474 bits per heavy atom. The molecule has 1 aliphatic rings. The molecule has 268 valence electrons. The van der Waals surface area contributed by atoms with Gasteiger partial charge in [-0.05, 0) is 99.8 Å². The Hall–Kier alpha value is -7.62. The third kappa shape index (κ3) is 5.43. The van der Waals surface area contributed by atoms with Gasteiger partial charge in [0.2, 0.25) is 0 Å². The maximum absolute atomic E-state index is 6.47. The number of hydrogen-bond acceptors (Lipinski definition) is 2. The lowest BCUT2D eigenvalue weighted by Crippen LogP contribution is -2.09. The smallest absolute Gasteiger partial charge is 0.143 e. The summed E-state index contributed by atoms with van der Waals surface area (Å²) in [6.07, 6.45) is 8.06. The van der Waals surface area contributed by atoms with Crippen LogP contribution in [0, 0.1) is 0 Å². The minimum absolute atomic E-state index is 0.843. The number of benzene rings is 8. The van der Waals surface area contributed by atoms with Crippen molar-refractivity contribution in [3.05, 3.63) is 218 Å². The molecule has 0 radical (unpaired) electrons. The summed E-state index contributed by atoms with van der Waals surface area (Å²) in [5, 5.41) is 6.17. The number of rotatable bonds is 6. The minimum Gasteiger partial charge on any atom is -0.455 e. The first-order valence-corrected chi connectivity index (χ1v) is 19.4. The SMILES string of the molecule is C=C1C=CC=Cc2oc3c(-c4ccc(N(c5ccccc5)c5ccc(-c6cccc(-n7c8ccccc8c8c9ccccc9ccc87)c6)cc5)cc4)cccc3c21. The number of hydrogen-bond donors (Lipinski definition) is 0. The molecule has 0 amide bonds. The fourth-order valence-corrected chi connectivity index (χ4v) is 8.67. The van der Waals surface area contributed by atoms with Gasteiger partial charge in [-0.1, -0.05) is 146 Å². The van der Waals surface area contributed by atoms with E-state index in [1.807, 2.05) is 24.3 Å². The highest BCUT2D eigenvalue weighted by atomic mass is 16.3. The molecule has 10 aromatic rings. The predicted molar refractivity (Wildman–Crippen MR) is 241 cm³/mol. The van der Waals surface area contributed by atoms with Crippen molar-refractivity contribution < 1.29 is 4.42 Å². The third-order valence-corrected chi connectivity index (χ3v) is 11.3. The maximum Gasteiger partial charge on any atom is 0.143 e. The van der Waals surface area contributed by atoms with E-state index in [0.29, 0.717) is 0 Å². The van der Waals surface area contributed by atoms with Crippen molar-refractivity contribution in [2.45, 2.75) is 0 Å². The normalized spacial score (nSPS) is 12.5. The lowest BCUT2D eigenvalue weighted by Gasteiger charge is -2.26. The first-order valence-electron chi connectivity index (χ1n) is 19.4. The van der Waals surface area contributed by atoms with Crippen molar-refractivity contribution in [1.29, 1.82) is 0 Å². The van der Waals surface area contributed by atoms with E-state index in [2.05, 4.69) is 198 Å². The van der Waals surface area contributed by atoms with Crippen molar-refractivity contribution in [3.8, 4) is 27.9 Å². The van der Waals surface area contributed by atoms with Gasteiger partial charge in [0.15, 0.2) is 0 Å². The highest BCUT2D eigenvalue weighted by Gasteiger charge is 2.20. The summed E-state index contributed by atoms with van der Waals surface area (Å²) in [6, 6.07) is 65.4. The van der Waals surface area contributed by atoms with E-state index in [1.165, 1.54) is 38.1 Å². The van der Waals surface area contributed by atoms with Crippen molar-refractivity contribution in [3.63, 3.8) is 0 Å². The second-order valence-electron chi connectivity index (χ2n) is 14.6. The Balaban J connectivity index is 0.954. The molecule has 8 aromatic carbocycles. The summed E-state index contributed by atoms with van der Waals surface area (Å²) in [7, 11) is 0. The third-order valence-electron chi connectivity index (χ3n) is 11.3. The van der Waals surface area contributed by atoms with E-state index in [4.69, 9.17) is 4.42 Å². The van der Waals surface area contributed by atoms with Gasteiger partial charge in [-0.15, -0.1) is 0 Å². The van der Waals surface area contributed by atoms with Crippen LogP contribution >= 0.6 is 0 Å². The fraction of sp³-hybridized carbons (Fsp3) is 0. The Kier molecular flexibility index (Phi) is 7.65. The zero-order valence-corrected chi connectivity index (χ0v) is 31.1. The molecule has 3 nitrogen and oxygen atoms in total. The molecule has 3 heteroatoms. The number of anilines is 3. The molecule has 0 unspecified atom stereocenters. The highest BCUT2D eigenvalue weighted by molar-refractivity contribution is 6.21. The molecular formula is C54H36N2O. The molecule has 0 N–H and O–H groups in total. The van der Waals surface area contributed by atoms with Crippen LogP contribution in [0.1, 0.15) is 11.3 Å². The summed E-state index contributed by atoms with van der Waals surface area (Å²) in [6.45, 7) is 4.30. The molecule has 2 aromatic heterocycles. The van der Waals surface area contributed by atoms with Gasteiger partial charge in [-0.3, -0.25) is 0 Å². The topological polar surface area (TPSA) is 21.3 Å². The molecule has 0 bridgehead atoms. The maximum atomic E-state index is 6.47. The molecule has 0 saturated carbocycles. The lowest BCUT2D eigenvalue weighted by atomic mass is 9.98. The molecule has 11 rings (SSSR count). The van der Waals surface area contributed by atoms with Gasteiger partial charge in [0.05, 0.1) is 11.0 Å². The summed E-state index contributed by atoms with van der Waals surface area (Å²) in [5.74, 6) is 0.843. The Bertz CT molecular complexity index is 3230. The van der Waals surface area contributed by atoms with E-state index in [1.54, 1.807) is 0 Å². The minimum atomic E-state index is 0.843. The molecule has 57 heavy (non-hydrogen) atoms. The monoisotopic (exact) mass is 728 g/mol. The van der Waals surface area contributed by atoms with Crippen LogP contribution in [0.5, 0.6) is 0 Å². The number of allylic oxidation sites excluding steroid dienone is 4. The molecule has 0 atom stereocenters. The quantitative estimate of drug-likeness (QED) is 0.170. The van der Waals surface area contributed by atoms with Crippen molar-refractivity contribution in [2.75, 3.05) is 4.90 Å². The standard InChI is InChI=1S/C54H36N2O/c1-36-13-5-10-24-51-52(36)48-22-12-21-46(54(48)57-51)39-27-32-43(33-28-39)55(41-16-3-2-4-17-41)42-30-25-37(26-31-42)40-15-11-18-44(35-40)56-49-23-9-8-20-47(49)53-45-19-7-6-14-38(45)29-34-50(53)56/h2-35H,1H2. The van der Waals surface area contributed by atoms with E-state index >= 15 is 0 Å². The second kappa shape index (κ2) is 13.3. The Morgan fingerprint density at radius 3 is 1.96 bits per heavy atom. The summed E-state index contributed by atoms with van der Waals surface area (Å²) < 4.78 is 8.88. The molecule has 0 aliphatic heterocycles. The van der Waals surface area contributed by atoms with Crippen LogP contribution in [0.2, 0.25) is 0 Å². The molecule has 0 saturated heterocycles. The first kappa shape index (κ1) is 32.8.